The summed E-state index contributed by atoms with van der Waals surface area (Å²) in [6.07, 6.45) is 0. The topological polar surface area (TPSA) is 23.1 Å². The van der Waals surface area contributed by atoms with Crippen molar-refractivity contribution in [1.82, 2.24) is 0 Å². The maximum absolute atomic E-state index is 9.78. The van der Waals surface area contributed by atoms with Gasteiger partial charge < -0.3 is 13.7 Å². The van der Waals surface area contributed by atoms with Gasteiger partial charge in [-0.1, -0.05) is 0 Å². The first kappa shape index (κ1) is 10.0. The first-order valence-electron chi connectivity index (χ1n) is 0.672. The smallest absolute Gasteiger partial charge is 0.824 e. The molecule has 5 heteroatoms. The fourth-order valence-corrected chi connectivity index (χ4v) is 0. The summed E-state index contributed by atoms with van der Waals surface area (Å²) in [5.41, 5.74) is 0. The summed E-state index contributed by atoms with van der Waals surface area (Å²) >= 11 is 0. The summed E-state index contributed by atoms with van der Waals surface area (Å²) in [4.78, 5) is 0. The SMILES string of the molecule is [Cs+].[O-]B(F)F. The molecule has 24 valence electrons. The Morgan fingerprint density at radius 1 is 1.40 bits per heavy atom. The van der Waals surface area contributed by atoms with Crippen LogP contribution in [0.4, 0.5) is 8.63 Å². The van der Waals surface area contributed by atoms with Crippen molar-refractivity contribution >= 4 is 7.47 Å². The van der Waals surface area contributed by atoms with Crippen molar-refractivity contribution in [2.24, 2.45) is 0 Å². The molecule has 0 aromatic heterocycles. The molecule has 0 aromatic rings. The van der Waals surface area contributed by atoms with Crippen LogP contribution < -0.4 is 73.9 Å². The quantitative estimate of drug-likeness (QED) is 0.367. The van der Waals surface area contributed by atoms with Gasteiger partial charge in [0.1, 0.15) is 0 Å². The van der Waals surface area contributed by atoms with E-state index in [-0.39, 0.29) is 68.9 Å². The number of hydrogen-bond donors (Lipinski definition) is 0. The molecule has 0 aliphatic rings. The molecule has 0 saturated heterocycles. The van der Waals surface area contributed by atoms with Crippen LogP contribution in [0.25, 0.3) is 0 Å². The second-order valence-electron chi connectivity index (χ2n) is 0.261. The van der Waals surface area contributed by atoms with Gasteiger partial charge in [0.15, 0.2) is 0 Å². The van der Waals surface area contributed by atoms with Crippen LogP contribution in [0.15, 0.2) is 0 Å². The van der Waals surface area contributed by atoms with Crippen molar-refractivity contribution in [1.29, 1.82) is 0 Å². The molecule has 0 amide bonds. The molecule has 0 atom stereocenters. The standard InChI is InChI=1S/BF2O.Cs/c2-1(3)4;/q-1;+1. The van der Waals surface area contributed by atoms with E-state index in [0.29, 0.717) is 0 Å². The van der Waals surface area contributed by atoms with Crippen LogP contribution in [0.5, 0.6) is 0 Å². The summed E-state index contributed by atoms with van der Waals surface area (Å²) < 4.78 is 19.6. The molecular formula is BCsF2O. The first-order chi connectivity index (χ1) is 1.73. The molecule has 0 heterocycles. The van der Waals surface area contributed by atoms with Gasteiger partial charge >= 0.3 is 76.4 Å². The average molecular weight is 198 g/mol. The maximum Gasteiger partial charge on any atom is 1.00 e. The van der Waals surface area contributed by atoms with Crippen LogP contribution in [0.1, 0.15) is 0 Å². The zero-order valence-electron chi connectivity index (χ0n) is 2.74. The van der Waals surface area contributed by atoms with Crippen molar-refractivity contribution in [3.63, 3.8) is 0 Å². The van der Waals surface area contributed by atoms with Crippen LogP contribution in [0.3, 0.4) is 0 Å². The fraction of sp³-hybridized carbons (Fsp3) is 0. The van der Waals surface area contributed by atoms with Crippen molar-refractivity contribution in [2.75, 3.05) is 0 Å². The molecule has 0 N–H and O–H groups in total. The van der Waals surface area contributed by atoms with Crippen molar-refractivity contribution in [3.05, 3.63) is 0 Å². The third-order valence-electron chi connectivity index (χ3n) is 0. The molecule has 0 rings (SSSR count). The predicted molar refractivity (Wildman–Crippen MR) is 7.97 cm³/mol. The van der Waals surface area contributed by atoms with Crippen LogP contribution in [-0.4, -0.2) is 7.47 Å². The molecule has 0 aliphatic heterocycles. The largest absolute Gasteiger partial charge is 1.00 e. The molecule has 1 nitrogen and oxygen atoms in total. The Bertz CT molecular complexity index is 14.4. The molecule has 0 radical (unpaired) electrons. The Labute approximate surface area is 87.8 Å². The summed E-state index contributed by atoms with van der Waals surface area (Å²) in [6, 6.07) is 0. The zero-order chi connectivity index (χ0) is 3.58. The number of rotatable bonds is 0. The molecule has 0 saturated carbocycles. The van der Waals surface area contributed by atoms with E-state index in [0.717, 1.165) is 0 Å². The molecule has 0 aliphatic carbocycles. The molecule has 0 fully saturated rings. The Hall–Kier alpha value is 1.94. The van der Waals surface area contributed by atoms with E-state index in [2.05, 4.69) is 0 Å². The maximum atomic E-state index is 9.78. The van der Waals surface area contributed by atoms with E-state index >= 15 is 0 Å². The Morgan fingerprint density at radius 3 is 1.40 bits per heavy atom. The second-order valence-corrected chi connectivity index (χ2v) is 0.261. The van der Waals surface area contributed by atoms with Gasteiger partial charge in [-0.05, 0) is 0 Å². The van der Waals surface area contributed by atoms with E-state index in [1.165, 1.54) is 0 Å². The van der Waals surface area contributed by atoms with Gasteiger partial charge in [0.25, 0.3) is 0 Å². The van der Waals surface area contributed by atoms with Crippen molar-refractivity contribution in [2.45, 2.75) is 0 Å². The Kier molecular flexibility index (Phi) is 11.9. The molecule has 0 aromatic carbocycles. The Morgan fingerprint density at radius 2 is 1.40 bits per heavy atom. The summed E-state index contributed by atoms with van der Waals surface area (Å²) in [5, 5.41) is 8.19. The zero-order valence-corrected chi connectivity index (χ0v) is 9.02. The van der Waals surface area contributed by atoms with E-state index in [1.807, 2.05) is 0 Å². The summed E-state index contributed by atoms with van der Waals surface area (Å²) in [7, 11) is -3.42. The van der Waals surface area contributed by atoms with Crippen LogP contribution >= 0.6 is 0 Å². The fourth-order valence-electron chi connectivity index (χ4n) is 0. The molecule has 0 unspecified atom stereocenters. The van der Waals surface area contributed by atoms with Gasteiger partial charge in [0.05, 0.1) is 0 Å². The minimum Gasteiger partial charge on any atom is -0.824 e. The van der Waals surface area contributed by atoms with Crippen LogP contribution in [-0.2, 0) is 0 Å². The van der Waals surface area contributed by atoms with Gasteiger partial charge in [0.2, 0.25) is 0 Å². The molecule has 0 bridgehead atoms. The van der Waals surface area contributed by atoms with Crippen molar-refractivity contribution in [3.8, 4) is 0 Å². The monoisotopic (exact) mass is 198 g/mol. The third-order valence-corrected chi connectivity index (χ3v) is 0. The minimum absolute atomic E-state index is 0. The predicted octanol–water partition coefficient (Wildman–Crippen LogP) is -3.73. The van der Waals surface area contributed by atoms with E-state index in [1.54, 1.807) is 0 Å². The van der Waals surface area contributed by atoms with Crippen molar-refractivity contribution < 1.29 is 82.5 Å². The molecule has 0 spiro atoms. The average Bonchev–Trinajstić information content (AvgIpc) is 0.811. The summed E-state index contributed by atoms with van der Waals surface area (Å²) in [6.45, 7) is 0. The third kappa shape index (κ3) is 24.5. The Balaban J connectivity index is 0. The minimum atomic E-state index is -3.42. The van der Waals surface area contributed by atoms with Crippen LogP contribution in [0.2, 0.25) is 0 Å². The van der Waals surface area contributed by atoms with Crippen LogP contribution in [0, 0.1) is 0 Å². The van der Waals surface area contributed by atoms with Gasteiger partial charge in [-0.2, -0.15) is 0 Å². The molecular weight excluding hydrogens is 198 g/mol. The second kappa shape index (κ2) is 5.94. The first-order valence-corrected chi connectivity index (χ1v) is 0.672. The van der Waals surface area contributed by atoms with Gasteiger partial charge in [0, 0.05) is 0 Å². The van der Waals surface area contributed by atoms with E-state index < -0.39 is 7.47 Å². The van der Waals surface area contributed by atoms with Gasteiger partial charge in [-0.3, -0.25) is 0 Å². The molecule has 5 heavy (non-hydrogen) atoms. The van der Waals surface area contributed by atoms with E-state index in [4.69, 9.17) is 5.02 Å². The van der Waals surface area contributed by atoms with E-state index in [9.17, 15) is 8.63 Å². The number of hydrogen-bond acceptors (Lipinski definition) is 1. The van der Waals surface area contributed by atoms with Gasteiger partial charge in [-0.25, -0.2) is 0 Å². The number of halogens is 2. The summed E-state index contributed by atoms with van der Waals surface area (Å²) in [5.74, 6) is 0. The van der Waals surface area contributed by atoms with Gasteiger partial charge in [-0.15, -0.1) is 0 Å². The normalized spacial score (nSPS) is 5.40.